The van der Waals surface area contributed by atoms with Crippen molar-refractivity contribution in [3.8, 4) is 11.6 Å². The number of methoxy groups -OCH3 is 2. The lowest BCUT2D eigenvalue weighted by atomic mass is 9.83. The summed E-state index contributed by atoms with van der Waals surface area (Å²) in [6.07, 6.45) is 2.91. The third-order valence-electron chi connectivity index (χ3n) is 2.90. The van der Waals surface area contributed by atoms with Crippen LogP contribution in [0.3, 0.4) is 0 Å². The molecule has 84 valence electrons. The molecule has 0 amide bonds. The summed E-state index contributed by atoms with van der Waals surface area (Å²) in [7, 11) is 3.22. The number of aromatic nitrogens is 1. The smallest absolute Gasteiger partial charge is 0.256 e. The summed E-state index contributed by atoms with van der Waals surface area (Å²) >= 11 is 0. The highest BCUT2D eigenvalue weighted by Gasteiger charge is 2.20. The van der Waals surface area contributed by atoms with E-state index in [2.05, 4.69) is 25.8 Å². The number of hydrogen-bond acceptors (Lipinski definition) is 3. The molecule has 0 saturated heterocycles. The van der Waals surface area contributed by atoms with Crippen LogP contribution in [0, 0.1) is 0 Å². The Morgan fingerprint density at radius 1 is 1.27 bits per heavy atom. The summed E-state index contributed by atoms with van der Waals surface area (Å²) < 4.78 is 10.3. The Morgan fingerprint density at radius 3 is 2.40 bits per heavy atom. The first-order valence-electron chi connectivity index (χ1n) is 5.13. The Bertz CT molecular complexity index is 334. The largest absolute Gasteiger partial charge is 0.491 e. The Hall–Kier alpha value is -1.25. The van der Waals surface area contributed by atoms with Gasteiger partial charge in [0.1, 0.15) is 0 Å². The summed E-state index contributed by atoms with van der Waals surface area (Å²) in [5.74, 6) is 1.23. The molecule has 0 aliphatic heterocycles. The van der Waals surface area contributed by atoms with E-state index in [1.54, 1.807) is 14.2 Å². The zero-order valence-electron chi connectivity index (χ0n) is 10.1. The molecule has 0 aliphatic carbocycles. The maximum atomic E-state index is 5.23. The van der Waals surface area contributed by atoms with Crippen LogP contribution in [0.1, 0.15) is 32.8 Å². The lowest BCUT2D eigenvalue weighted by Crippen LogP contribution is -2.16. The van der Waals surface area contributed by atoms with E-state index < -0.39 is 0 Å². The van der Waals surface area contributed by atoms with Crippen molar-refractivity contribution in [3.05, 3.63) is 17.8 Å². The number of rotatable bonds is 4. The summed E-state index contributed by atoms with van der Waals surface area (Å²) in [5.41, 5.74) is 1.29. The van der Waals surface area contributed by atoms with E-state index in [-0.39, 0.29) is 5.41 Å². The van der Waals surface area contributed by atoms with Gasteiger partial charge in [-0.05, 0) is 23.5 Å². The highest BCUT2D eigenvalue weighted by atomic mass is 16.5. The summed E-state index contributed by atoms with van der Waals surface area (Å²) in [6, 6.07) is 2.00. The lowest BCUT2D eigenvalue weighted by molar-refractivity contribution is 0.340. The van der Waals surface area contributed by atoms with E-state index in [0.29, 0.717) is 11.6 Å². The maximum Gasteiger partial charge on any atom is 0.256 e. The van der Waals surface area contributed by atoms with Crippen molar-refractivity contribution in [3.63, 3.8) is 0 Å². The first kappa shape index (κ1) is 11.8. The maximum absolute atomic E-state index is 5.23. The van der Waals surface area contributed by atoms with Gasteiger partial charge in [0.15, 0.2) is 5.75 Å². The van der Waals surface area contributed by atoms with Gasteiger partial charge < -0.3 is 9.47 Å². The van der Waals surface area contributed by atoms with E-state index in [0.717, 1.165) is 6.42 Å². The zero-order valence-corrected chi connectivity index (χ0v) is 10.1. The summed E-state index contributed by atoms with van der Waals surface area (Å²) in [5, 5.41) is 0. The predicted octanol–water partition coefficient (Wildman–Crippen LogP) is 2.79. The lowest BCUT2D eigenvalue weighted by Gasteiger charge is -2.23. The van der Waals surface area contributed by atoms with Gasteiger partial charge in [0.2, 0.25) is 0 Å². The van der Waals surface area contributed by atoms with Gasteiger partial charge >= 0.3 is 0 Å². The molecule has 0 fully saturated rings. The van der Waals surface area contributed by atoms with Crippen LogP contribution in [-0.2, 0) is 5.41 Å². The van der Waals surface area contributed by atoms with E-state index >= 15 is 0 Å². The third-order valence-corrected chi connectivity index (χ3v) is 2.90. The van der Waals surface area contributed by atoms with Crippen LogP contribution < -0.4 is 9.47 Å². The first-order valence-corrected chi connectivity index (χ1v) is 5.13. The van der Waals surface area contributed by atoms with Crippen LogP contribution in [0.15, 0.2) is 12.3 Å². The molecule has 0 saturated carbocycles. The van der Waals surface area contributed by atoms with Gasteiger partial charge in [0.25, 0.3) is 5.88 Å². The Kier molecular flexibility index (Phi) is 3.56. The van der Waals surface area contributed by atoms with E-state index in [1.165, 1.54) is 5.56 Å². The van der Waals surface area contributed by atoms with Crippen LogP contribution in [-0.4, -0.2) is 19.2 Å². The fourth-order valence-corrected chi connectivity index (χ4v) is 1.31. The molecule has 1 rings (SSSR count). The van der Waals surface area contributed by atoms with Crippen molar-refractivity contribution < 1.29 is 9.47 Å². The number of ether oxygens (including phenoxy) is 2. The Morgan fingerprint density at radius 2 is 1.93 bits per heavy atom. The Labute approximate surface area is 91.4 Å². The molecule has 0 aromatic carbocycles. The molecular formula is C12H19NO2. The molecule has 0 bridgehead atoms. The molecule has 15 heavy (non-hydrogen) atoms. The topological polar surface area (TPSA) is 31.4 Å². The van der Waals surface area contributed by atoms with Gasteiger partial charge in [-0.2, -0.15) is 0 Å². The van der Waals surface area contributed by atoms with Crippen molar-refractivity contribution in [1.29, 1.82) is 0 Å². The van der Waals surface area contributed by atoms with Crippen molar-refractivity contribution in [2.45, 2.75) is 32.6 Å². The first-order chi connectivity index (χ1) is 7.05. The van der Waals surface area contributed by atoms with Crippen molar-refractivity contribution in [1.82, 2.24) is 4.98 Å². The minimum atomic E-state index is 0.118. The molecule has 0 aliphatic rings. The van der Waals surface area contributed by atoms with Crippen LogP contribution >= 0.6 is 0 Å². The molecule has 0 unspecified atom stereocenters. The van der Waals surface area contributed by atoms with Crippen molar-refractivity contribution in [2.24, 2.45) is 0 Å². The molecule has 0 spiro atoms. The molecule has 0 atom stereocenters. The standard InChI is InChI=1S/C12H19NO2/c1-6-12(2,3)9-7-10(14-4)11(15-5)13-8-9/h7-8H,6H2,1-5H3. The fourth-order valence-electron chi connectivity index (χ4n) is 1.31. The van der Waals surface area contributed by atoms with Gasteiger partial charge in [0.05, 0.1) is 14.2 Å². The Balaban J connectivity index is 3.13. The van der Waals surface area contributed by atoms with Crippen molar-refractivity contribution in [2.75, 3.05) is 14.2 Å². The van der Waals surface area contributed by atoms with Crippen molar-refractivity contribution >= 4 is 0 Å². The second kappa shape index (κ2) is 4.51. The molecule has 3 heteroatoms. The molecule has 1 aromatic rings. The number of pyridine rings is 1. The van der Waals surface area contributed by atoms with Gasteiger partial charge in [-0.25, -0.2) is 4.98 Å². The molecule has 3 nitrogen and oxygen atoms in total. The van der Waals surface area contributed by atoms with Gasteiger partial charge in [-0.15, -0.1) is 0 Å². The van der Waals surface area contributed by atoms with Gasteiger partial charge in [-0.1, -0.05) is 20.8 Å². The monoisotopic (exact) mass is 209 g/mol. The highest BCUT2D eigenvalue weighted by Crippen LogP contribution is 2.32. The second-order valence-electron chi connectivity index (χ2n) is 4.17. The van der Waals surface area contributed by atoms with Crippen LogP contribution in [0.5, 0.6) is 11.6 Å². The van der Waals surface area contributed by atoms with E-state index in [1.807, 2.05) is 12.3 Å². The minimum absolute atomic E-state index is 0.118. The average Bonchev–Trinajstić information content (AvgIpc) is 2.28. The quantitative estimate of drug-likeness (QED) is 0.764. The second-order valence-corrected chi connectivity index (χ2v) is 4.17. The summed E-state index contributed by atoms with van der Waals surface area (Å²) in [4.78, 5) is 4.23. The minimum Gasteiger partial charge on any atom is -0.491 e. The average molecular weight is 209 g/mol. The molecule has 1 aromatic heterocycles. The predicted molar refractivity (Wildman–Crippen MR) is 60.7 cm³/mol. The van der Waals surface area contributed by atoms with Crippen LogP contribution in [0.4, 0.5) is 0 Å². The van der Waals surface area contributed by atoms with E-state index in [4.69, 9.17) is 9.47 Å². The molecule has 0 N–H and O–H groups in total. The molecule has 1 heterocycles. The SMILES string of the molecule is CCC(C)(C)c1cnc(OC)c(OC)c1. The number of nitrogens with zero attached hydrogens (tertiary/aromatic N) is 1. The van der Waals surface area contributed by atoms with E-state index in [9.17, 15) is 0 Å². The van der Waals surface area contributed by atoms with Crippen LogP contribution in [0.25, 0.3) is 0 Å². The highest BCUT2D eigenvalue weighted by molar-refractivity contribution is 5.38. The third kappa shape index (κ3) is 2.41. The molecule has 0 radical (unpaired) electrons. The zero-order chi connectivity index (χ0) is 11.5. The normalized spacial score (nSPS) is 11.3. The number of hydrogen-bond donors (Lipinski definition) is 0. The van der Waals surface area contributed by atoms with Gasteiger partial charge in [-0.3, -0.25) is 0 Å². The van der Waals surface area contributed by atoms with Gasteiger partial charge in [0, 0.05) is 6.20 Å². The fraction of sp³-hybridized carbons (Fsp3) is 0.583. The summed E-state index contributed by atoms with van der Waals surface area (Å²) in [6.45, 7) is 6.54. The van der Waals surface area contributed by atoms with Crippen LogP contribution in [0.2, 0.25) is 0 Å². The molecular weight excluding hydrogens is 190 g/mol.